The molecule has 134 valence electrons. The summed E-state index contributed by atoms with van der Waals surface area (Å²) in [5, 5.41) is 2.11. The summed E-state index contributed by atoms with van der Waals surface area (Å²) < 4.78 is 9.93. The lowest BCUT2D eigenvalue weighted by Gasteiger charge is -2.10. The number of hydrogen-bond donors (Lipinski definition) is 3. The van der Waals surface area contributed by atoms with Crippen LogP contribution in [0.15, 0.2) is 36.4 Å². The highest BCUT2D eigenvalue weighted by atomic mass is 32.1. The third kappa shape index (κ3) is 9.06. The number of rotatable bonds is 6. The molecular weight excluding hydrogens is 346 g/mol. The molecule has 1 aromatic carbocycles. The monoisotopic (exact) mass is 365 g/mol. The van der Waals surface area contributed by atoms with Crippen LogP contribution in [-0.4, -0.2) is 36.1 Å². The van der Waals surface area contributed by atoms with Gasteiger partial charge < -0.3 is 9.47 Å². The summed E-state index contributed by atoms with van der Waals surface area (Å²) in [7, 11) is 0. The molecule has 1 rings (SSSR count). The van der Waals surface area contributed by atoms with Crippen LogP contribution in [0.4, 0.5) is 0 Å². The van der Waals surface area contributed by atoms with Gasteiger partial charge in [-0.2, -0.15) is 0 Å². The molecule has 9 heteroatoms. The second kappa shape index (κ2) is 10.8. The molecule has 1 aromatic rings. The van der Waals surface area contributed by atoms with Crippen molar-refractivity contribution < 1.29 is 23.9 Å². The molecule has 0 aliphatic carbocycles. The number of aryl methyl sites for hydroxylation is 1. The minimum atomic E-state index is -0.643. The zero-order valence-electron chi connectivity index (χ0n) is 13.8. The number of hydrogen-bond acceptors (Lipinski definition) is 6. The van der Waals surface area contributed by atoms with Crippen molar-refractivity contribution >= 4 is 35.1 Å². The second-order valence-corrected chi connectivity index (χ2v) is 5.09. The number of carbonyl (C=O) groups is 3. The average molecular weight is 365 g/mol. The molecule has 25 heavy (non-hydrogen) atoms. The Bertz CT molecular complexity index is 675. The molecule has 0 aliphatic rings. The van der Waals surface area contributed by atoms with Crippen LogP contribution >= 0.6 is 12.2 Å². The molecular formula is C16H19N3O5S. The quantitative estimate of drug-likeness (QED) is 0.292. The number of benzene rings is 1. The number of esters is 1. The Morgan fingerprint density at radius 2 is 1.96 bits per heavy atom. The van der Waals surface area contributed by atoms with E-state index in [-0.39, 0.29) is 18.3 Å². The molecule has 0 saturated carbocycles. The predicted molar refractivity (Wildman–Crippen MR) is 94.5 cm³/mol. The minimum absolute atomic E-state index is 0.137. The van der Waals surface area contributed by atoms with Crippen molar-refractivity contribution in [2.75, 3.05) is 13.2 Å². The van der Waals surface area contributed by atoms with E-state index in [4.69, 9.17) is 17.0 Å². The summed E-state index contributed by atoms with van der Waals surface area (Å²) in [5.41, 5.74) is 5.63. The highest BCUT2D eigenvalue weighted by Gasteiger charge is 2.06. The largest absolute Gasteiger partial charge is 0.484 e. The topological polar surface area (TPSA) is 106 Å². The van der Waals surface area contributed by atoms with Crippen molar-refractivity contribution in [3.05, 3.63) is 42.0 Å². The Labute approximate surface area is 150 Å². The fraction of sp³-hybridized carbons (Fsp3) is 0.250. The predicted octanol–water partition coefficient (Wildman–Crippen LogP) is 0.515. The maximum absolute atomic E-state index is 11.6. The SMILES string of the molecule is CCOC(=O)C=CC(=O)NC(=S)NNC(=O)COc1cccc(C)c1. The Kier molecular flexibility index (Phi) is 8.66. The van der Waals surface area contributed by atoms with Crippen LogP contribution in [0.5, 0.6) is 5.75 Å². The van der Waals surface area contributed by atoms with E-state index in [1.165, 1.54) is 0 Å². The Morgan fingerprint density at radius 1 is 1.20 bits per heavy atom. The number of carbonyl (C=O) groups excluding carboxylic acids is 3. The normalized spacial score (nSPS) is 10.0. The van der Waals surface area contributed by atoms with Gasteiger partial charge in [0.15, 0.2) is 11.7 Å². The summed E-state index contributed by atoms with van der Waals surface area (Å²) in [6, 6.07) is 7.25. The first-order valence-electron chi connectivity index (χ1n) is 7.34. The molecule has 2 amide bonds. The molecule has 0 radical (unpaired) electrons. The molecule has 0 heterocycles. The summed E-state index contributed by atoms with van der Waals surface area (Å²) >= 11 is 4.83. The van der Waals surface area contributed by atoms with Crippen LogP contribution in [0.3, 0.4) is 0 Å². The molecule has 8 nitrogen and oxygen atoms in total. The number of nitrogens with one attached hydrogen (secondary N) is 3. The van der Waals surface area contributed by atoms with Gasteiger partial charge in [-0.3, -0.25) is 25.8 Å². The van der Waals surface area contributed by atoms with Crippen molar-refractivity contribution in [3.63, 3.8) is 0 Å². The van der Waals surface area contributed by atoms with Crippen molar-refractivity contribution in [2.45, 2.75) is 13.8 Å². The van der Waals surface area contributed by atoms with Crippen LogP contribution in [0.1, 0.15) is 12.5 Å². The van der Waals surface area contributed by atoms with Gasteiger partial charge in [0, 0.05) is 12.2 Å². The van der Waals surface area contributed by atoms with E-state index in [2.05, 4.69) is 20.9 Å². The van der Waals surface area contributed by atoms with Crippen LogP contribution in [-0.2, 0) is 19.1 Å². The van der Waals surface area contributed by atoms with E-state index < -0.39 is 17.8 Å². The summed E-state index contributed by atoms with van der Waals surface area (Å²) in [6.45, 7) is 3.54. The summed E-state index contributed by atoms with van der Waals surface area (Å²) in [6.07, 6.45) is 1.93. The van der Waals surface area contributed by atoms with Gasteiger partial charge in [0.25, 0.3) is 5.91 Å². The second-order valence-electron chi connectivity index (χ2n) is 4.68. The molecule has 3 N–H and O–H groups in total. The Morgan fingerprint density at radius 3 is 2.64 bits per heavy atom. The lowest BCUT2D eigenvalue weighted by Crippen LogP contribution is -2.49. The number of ether oxygens (including phenoxy) is 2. The van der Waals surface area contributed by atoms with Gasteiger partial charge in [-0.05, 0) is 43.8 Å². The van der Waals surface area contributed by atoms with Crippen molar-refractivity contribution in [1.82, 2.24) is 16.2 Å². The maximum atomic E-state index is 11.6. The minimum Gasteiger partial charge on any atom is -0.484 e. The lowest BCUT2D eigenvalue weighted by molar-refractivity contribution is -0.137. The lowest BCUT2D eigenvalue weighted by atomic mass is 10.2. The van der Waals surface area contributed by atoms with Gasteiger partial charge in [-0.25, -0.2) is 4.79 Å². The van der Waals surface area contributed by atoms with E-state index >= 15 is 0 Å². The maximum Gasteiger partial charge on any atom is 0.330 e. The highest BCUT2D eigenvalue weighted by Crippen LogP contribution is 2.11. The first-order chi connectivity index (χ1) is 11.9. The van der Waals surface area contributed by atoms with Crippen LogP contribution in [0, 0.1) is 6.92 Å². The van der Waals surface area contributed by atoms with Gasteiger partial charge in [-0.1, -0.05) is 12.1 Å². The molecule has 0 aliphatic heterocycles. The Hall–Kier alpha value is -2.94. The summed E-state index contributed by atoms with van der Waals surface area (Å²) in [5.74, 6) is -1.20. The first kappa shape index (κ1) is 20.1. The molecule has 0 aromatic heterocycles. The molecule has 0 unspecified atom stereocenters. The van der Waals surface area contributed by atoms with Gasteiger partial charge in [0.1, 0.15) is 5.75 Å². The number of hydrazine groups is 1. The molecule has 0 bridgehead atoms. The third-order valence-corrected chi connectivity index (χ3v) is 2.77. The molecule has 0 saturated heterocycles. The standard InChI is InChI=1S/C16H19N3O5S/c1-3-23-15(22)8-7-13(20)17-16(25)19-18-14(21)10-24-12-6-4-5-11(2)9-12/h4-9H,3,10H2,1-2H3,(H,18,21)(H2,17,19,20,25). The fourth-order valence-electron chi connectivity index (χ4n) is 1.54. The summed E-state index contributed by atoms with van der Waals surface area (Å²) in [4.78, 5) is 34.2. The van der Waals surface area contributed by atoms with Gasteiger partial charge in [0.05, 0.1) is 6.61 Å². The molecule has 0 atom stereocenters. The van der Waals surface area contributed by atoms with E-state index in [0.29, 0.717) is 5.75 Å². The van der Waals surface area contributed by atoms with Crippen molar-refractivity contribution in [2.24, 2.45) is 0 Å². The van der Waals surface area contributed by atoms with Gasteiger partial charge in [0.2, 0.25) is 5.91 Å². The smallest absolute Gasteiger partial charge is 0.330 e. The van der Waals surface area contributed by atoms with Gasteiger partial charge >= 0.3 is 5.97 Å². The van der Waals surface area contributed by atoms with E-state index in [1.807, 2.05) is 19.1 Å². The molecule has 0 spiro atoms. The average Bonchev–Trinajstić information content (AvgIpc) is 2.57. The number of thiocarbonyl (C=S) groups is 1. The van der Waals surface area contributed by atoms with Gasteiger partial charge in [-0.15, -0.1) is 0 Å². The third-order valence-electron chi connectivity index (χ3n) is 2.57. The van der Waals surface area contributed by atoms with Crippen LogP contribution in [0.25, 0.3) is 0 Å². The fourth-order valence-corrected chi connectivity index (χ4v) is 1.69. The van der Waals surface area contributed by atoms with E-state index in [0.717, 1.165) is 17.7 Å². The van der Waals surface area contributed by atoms with Crippen LogP contribution in [0.2, 0.25) is 0 Å². The zero-order chi connectivity index (χ0) is 18.7. The first-order valence-corrected chi connectivity index (χ1v) is 7.75. The highest BCUT2D eigenvalue weighted by molar-refractivity contribution is 7.80. The van der Waals surface area contributed by atoms with Crippen molar-refractivity contribution in [3.8, 4) is 5.75 Å². The number of amides is 2. The Balaban J connectivity index is 2.27. The van der Waals surface area contributed by atoms with Crippen LogP contribution < -0.4 is 20.9 Å². The van der Waals surface area contributed by atoms with E-state index in [9.17, 15) is 14.4 Å². The van der Waals surface area contributed by atoms with E-state index in [1.54, 1.807) is 19.1 Å². The zero-order valence-corrected chi connectivity index (χ0v) is 14.6. The molecule has 0 fully saturated rings. The van der Waals surface area contributed by atoms with Crippen molar-refractivity contribution in [1.29, 1.82) is 0 Å².